The van der Waals surface area contributed by atoms with E-state index in [0.717, 1.165) is 16.9 Å². The molecule has 21 heavy (non-hydrogen) atoms. The van der Waals surface area contributed by atoms with Crippen LogP contribution in [-0.4, -0.2) is 23.9 Å². The first-order chi connectivity index (χ1) is 10.0. The van der Waals surface area contributed by atoms with Gasteiger partial charge in [-0.1, -0.05) is 41.8 Å². The van der Waals surface area contributed by atoms with Crippen molar-refractivity contribution in [3.05, 3.63) is 33.8 Å². The van der Waals surface area contributed by atoms with Crippen molar-refractivity contribution in [3.63, 3.8) is 0 Å². The topological polar surface area (TPSA) is 58.4 Å². The summed E-state index contributed by atoms with van der Waals surface area (Å²) in [6.07, 6.45) is 5.25. The largest absolute Gasteiger partial charge is 0.299 e. The predicted octanol–water partition coefficient (Wildman–Crippen LogP) is 3.06. The van der Waals surface area contributed by atoms with Gasteiger partial charge in [0.05, 0.1) is 0 Å². The summed E-state index contributed by atoms with van der Waals surface area (Å²) >= 11 is 3.56. The number of rotatable bonds is 4. The van der Waals surface area contributed by atoms with Gasteiger partial charge >= 0.3 is 0 Å². The number of nitrogens with one attached hydrogen (secondary N) is 1. The molecule has 1 aromatic rings. The summed E-state index contributed by atoms with van der Waals surface area (Å²) in [4.78, 5) is 13.9. The van der Waals surface area contributed by atoms with Crippen molar-refractivity contribution < 1.29 is 4.79 Å². The molecule has 4 nitrogen and oxygen atoms in total. The lowest BCUT2D eigenvalue weighted by Gasteiger charge is -2.34. The first-order valence-corrected chi connectivity index (χ1v) is 8.30. The summed E-state index contributed by atoms with van der Waals surface area (Å²) in [5, 5.41) is 0. The van der Waals surface area contributed by atoms with Gasteiger partial charge in [0.2, 0.25) is 0 Å². The van der Waals surface area contributed by atoms with Crippen molar-refractivity contribution in [2.24, 2.45) is 11.8 Å². The number of halogens is 1. The molecule has 0 radical (unpaired) electrons. The number of amides is 1. The van der Waals surface area contributed by atoms with Crippen LogP contribution >= 0.6 is 15.9 Å². The van der Waals surface area contributed by atoms with Gasteiger partial charge in [0, 0.05) is 22.6 Å². The minimum absolute atomic E-state index is 0.267. The lowest BCUT2D eigenvalue weighted by molar-refractivity contribution is 0.0953. The average molecular weight is 354 g/mol. The molecule has 116 valence electrons. The molecule has 2 atom stereocenters. The molecule has 0 spiro atoms. The number of benzene rings is 1. The first-order valence-electron chi connectivity index (χ1n) is 7.51. The normalized spacial score (nSPS) is 22.3. The molecule has 0 aromatic heterocycles. The Morgan fingerprint density at radius 1 is 1.48 bits per heavy atom. The lowest BCUT2D eigenvalue weighted by atomic mass is 9.86. The molecule has 1 aromatic carbocycles. The zero-order valence-electron chi connectivity index (χ0n) is 12.7. The van der Waals surface area contributed by atoms with Crippen LogP contribution in [0.2, 0.25) is 0 Å². The van der Waals surface area contributed by atoms with Gasteiger partial charge in [0.1, 0.15) is 0 Å². The van der Waals surface area contributed by atoms with Crippen LogP contribution in [0, 0.1) is 5.92 Å². The van der Waals surface area contributed by atoms with E-state index in [1.807, 2.05) is 18.2 Å². The Hall–Kier alpha value is -0.910. The molecule has 0 bridgehead atoms. The molecule has 2 rings (SSSR count). The first kappa shape index (κ1) is 16.5. The number of hydrogen-bond acceptors (Lipinski definition) is 3. The van der Waals surface area contributed by atoms with Crippen molar-refractivity contribution in [1.29, 1.82) is 0 Å². The van der Waals surface area contributed by atoms with Gasteiger partial charge in [-0.05, 0) is 43.5 Å². The SMILES string of the molecule is CC1CCCC(N(C)Cc2ccc(C(=O)NN)cc2Br)C1. The van der Waals surface area contributed by atoms with Gasteiger partial charge in [-0.15, -0.1) is 0 Å². The van der Waals surface area contributed by atoms with E-state index in [4.69, 9.17) is 5.84 Å². The molecular formula is C16H24BrN3O. The second-order valence-corrected chi connectivity index (χ2v) is 6.97. The lowest BCUT2D eigenvalue weighted by Crippen LogP contribution is -2.35. The third-order valence-electron chi connectivity index (χ3n) is 4.40. The van der Waals surface area contributed by atoms with Gasteiger partial charge in [0.25, 0.3) is 5.91 Å². The monoisotopic (exact) mass is 353 g/mol. The highest BCUT2D eigenvalue weighted by atomic mass is 79.9. The van der Waals surface area contributed by atoms with Crippen molar-refractivity contribution >= 4 is 21.8 Å². The summed E-state index contributed by atoms with van der Waals surface area (Å²) in [6.45, 7) is 3.23. The molecule has 0 aliphatic heterocycles. The Bertz CT molecular complexity index is 506. The van der Waals surface area contributed by atoms with Crippen molar-refractivity contribution in [2.75, 3.05) is 7.05 Å². The molecule has 1 fully saturated rings. The Labute approximate surface area is 135 Å². The summed E-state index contributed by atoms with van der Waals surface area (Å²) in [5.74, 6) is 5.72. The molecule has 0 heterocycles. The smallest absolute Gasteiger partial charge is 0.265 e. The van der Waals surface area contributed by atoms with Crippen LogP contribution in [0.15, 0.2) is 22.7 Å². The number of nitrogens with zero attached hydrogens (tertiary/aromatic N) is 1. The maximum Gasteiger partial charge on any atom is 0.265 e. The summed E-state index contributed by atoms with van der Waals surface area (Å²) in [5.41, 5.74) is 3.92. The van der Waals surface area contributed by atoms with E-state index in [9.17, 15) is 4.79 Å². The molecular weight excluding hydrogens is 330 g/mol. The predicted molar refractivity (Wildman–Crippen MR) is 88.7 cm³/mol. The minimum Gasteiger partial charge on any atom is -0.299 e. The number of carbonyl (C=O) groups excluding carboxylic acids is 1. The zero-order chi connectivity index (χ0) is 15.4. The quantitative estimate of drug-likeness (QED) is 0.496. The van der Waals surface area contributed by atoms with E-state index in [1.165, 1.54) is 31.2 Å². The average Bonchev–Trinajstić information content (AvgIpc) is 2.48. The standard InChI is InChI=1S/C16H24BrN3O/c1-11-4-3-5-14(8-11)20(2)10-13-7-6-12(9-15(13)17)16(21)19-18/h6-7,9,11,14H,3-5,8,10,18H2,1-2H3,(H,19,21). The van der Waals surface area contributed by atoms with Gasteiger partial charge in [-0.3, -0.25) is 15.1 Å². The van der Waals surface area contributed by atoms with Crippen LogP contribution in [0.5, 0.6) is 0 Å². The molecule has 1 aliphatic rings. The van der Waals surface area contributed by atoms with E-state index in [1.54, 1.807) is 0 Å². The Kier molecular flexibility index (Phi) is 5.79. The number of nitrogens with two attached hydrogens (primary N) is 1. The van der Waals surface area contributed by atoms with Crippen LogP contribution < -0.4 is 11.3 Å². The van der Waals surface area contributed by atoms with Crippen LogP contribution in [0.25, 0.3) is 0 Å². The third-order valence-corrected chi connectivity index (χ3v) is 5.14. The van der Waals surface area contributed by atoms with Gasteiger partial charge in [-0.2, -0.15) is 0 Å². The van der Waals surface area contributed by atoms with Crippen LogP contribution in [0.4, 0.5) is 0 Å². The van der Waals surface area contributed by atoms with Gasteiger partial charge < -0.3 is 0 Å². The van der Waals surface area contributed by atoms with Crippen LogP contribution in [0.1, 0.15) is 48.5 Å². The fourth-order valence-corrected chi connectivity index (χ4v) is 3.60. The summed E-state index contributed by atoms with van der Waals surface area (Å²) in [7, 11) is 2.19. The molecule has 0 saturated heterocycles. The maximum atomic E-state index is 11.5. The van der Waals surface area contributed by atoms with E-state index in [2.05, 4.69) is 40.2 Å². The van der Waals surface area contributed by atoms with Crippen molar-refractivity contribution in [2.45, 2.75) is 45.2 Å². The summed E-state index contributed by atoms with van der Waals surface area (Å²) in [6, 6.07) is 6.30. The van der Waals surface area contributed by atoms with Crippen LogP contribution in [-0.2, 0) is 6.54 Å². The van der Waals surface area contributed by atoms with Gasteiger partial charge in [-0.25, -0.2) is 5.84 Å². The molecule has 1 aliphatic carbocycles. The molecule has 5 heteroatoms. The Morgan fingerprint density at radius 3 is 2.86 bits per heavy atom. The highest BCUT2D eigenvalue weighted by Gasteiger charge is 2.22. The van der Waals surface area contributed by atoms with E-state index < -0.39 is 0 Å². The molecule has 2 unspecified atom stereocenters. The molecule has 1 amide bonds. The fourth-order valence-electron chi connectivity index (χ4n) is 3.10. The van der Waals surface area contributed by atoms with E-state index in [-0.39, 0.29) is 5.91 Å². The molecule has 3 N–H and O–H groups in total. The number of nitrogen functional groups attached to an aromatic ring is 1. The number of hydrogen-bond donors (Lipinski definition) is 2. The van der Waals surface area contributed by atoms with Crippen molar-refractivity contribution in [3.8, 4) is 0 Å². The second kappa shape index (κ2) is 7.38. The third kappa shape index (κ3) is 4.28. The minimum atomic E-state index is -0.267. The van der Waals surface area contributed by atoms with Crippen molar-refractivity contribution in [1.82, 2.24) is 10.3 Å². The summed E-state index contributed by atoms with van der Waals surface area (Å²) < 4.78 is 0.958. The highest BCUT2D eigenvalue weighted by molar-refractivity contribution is 9.10. The maximum absolute atomic E-state index is 11.5. The molecule has 1 saturated carbocycles. The Balaban J connectivity index is 2.03. The zero-order valence-corrected chi connectivity index (χ0v) is 14.3. The second-order valence-electron chi connectivity index (χ2n) is 6.12. The van der Waals surface area contributed by atoms with E-state index in [0.29, 0.717) is 11.6 Å². The Morgan fingerprint density at radius 2 is 2.24 bits per heavy atom. The number of carbonyl (C=O) groups is 1. The number of hydrazine groups is 1. The van der Waals surface area contributed by atoms with Gasteiger partial charge in [0.15, 0.2) is 0 Å². The van der Waals surface area contributed by atoms with Crippen LogP contribution in [0.3, 0.4) is 0 Å². The van der Waals surface area contributed by atoms with E-state index >= 15 is 0 Å². The fraction of sp³-hybridized carbons (Fsp3) is 0.562. The highest BCUT2D eigenvalue weighted by Crippen LogP contribution is 2.28.